The molecule has 0 saturated carbocycles. The van der Waals surface area contributed by atoms with E-state index < -0.39 is 11.6 Å². The topological polar surface area (TPSA) is 131 Å². The fourth-order valence-electron chi connectivity index (χ4n) is 3.62. The number of nitrogens with two attached hydrogens (primary N) is 1. The number of nitrogens with one attached hydrogen (secondary N) is 1. The Morgan fingerprint density at radius 2 is 2.07 bits per heavy atom. The fraction of sp³-hybridized carbons (Fsp3) is 0.474. The van der Waals surface area contributed by atoms with Crippen LogP contribution in [0.4, 0.5) is 4.79 Å². The minimum atomic E-state index is -1.62. The molecule has 2 heterocycles. The van der Waals surface area contributed by atoms with E-state index in [1.807, 2.05) is 0 Å². The number of hydrogen-bond acceptors (Lipinski definition) is 6. The van der Waals surface area contributed by atoms with Crippen LogP contribution in [-0.2, 0) is 20.9 Å². The molecule has 1 fully saturated rings. The Hall–Kier alpha value is -3.14. The number of carbonyl (C=O) groups excluding carboxylic acids is 4. The van der Waals surface area contributed by atoms with Gasteiger partial charge in [0.25, 0.3) is 5.91 Å². The first kappa shape index (κ1) is 20.6. The number of morpholine rings is 1. The van der Waals surface area contributed by atoms with Crippen molar-refractivity contribution in [3.63, 3.8) is 0 Å². The highest BCUT2D eigenvalue weighted by Gasteiger charge is 2.41. The van der Waals surface area contributed by atoms with Gasteiger partial charge in [-0.05, 0) is 17.7 Å². The van der Waals surface area contributed by atoms with Crippen molar-refractivity contribution in [1.29, 1.82) is 0 Å². The number of fused-ring (bicyclic) bond motifs is 1. The molecule has 1 unspecified atom stereocenters. The van der Waals surface area contributed by atoms with E-state index in [4.69, 9.17) is 15.2 Å². The number of ether oxygens (including phenoxy) is 2. The van der Waals surface area contributed by atoms with Gasteiger partial charge in [-0.3, -0.25) is 9.59 Å². The van der Waals surface area contributed by atoms with Gasteiger partial charge in [0.05, 0.1) is 33.3 Å². The van der Waals surface area contributed by atoms with E-state index in [1.165, 1.54) is 12.0 Å². The third kappa shape index (κ3) is 4.48. The zero-order chi connectivity index (χ0) is 21.0. The summed E-state index contributed by atoms with van der Waals surface area (Å²) in [4.78, 5) is 52.1. The van der Waals surface area contributed by atoms with Gasteiger partial charge in [0, 0.05) is 25.2 Å². The summed E-state index contributed by atoms with van der Waals surface area (Å²) >= 11 is 0. The van der Waals surface area contributed by atoms with E-state index in [9.17, 15) is 19.2 Å². The molecule has 0 radical (unpaired) electrons. The highest BCUT2D eigenvalue weighted by Crippen LogP contribution is 2.28. The standard InChI is InChI=1S/C19H24N4O6/c1-28-14-3-2-13-10-23(17(26)15(13)8-14)11-19(12-24,21-18(20)27)9-16(25)22-4-6-29-7-5-22/h2-3,8,12H,4-7,9-11H2,1H3,(H3,20,21,27). The number of carbonyl (C=O) groups is 4. The van der Waals surface area contributed by atoms with Gasteiger partial charge >= 0.3 is 6.03 Å². The number of benzene rings is 1. The Morgan fingerprint density at radius 1 is 1.34 bits per heavy atom. The predicted molar refractivity (Wildman–Crippen MR) is 101 cm³/mol. The molecule has 29 heavy (non-hydrogen) atoms. The summed E-state index contributed by atoms with van der Waals surface area (Å²) in [6.45, 7) is 1.69. The van der Waals surface area contributed by atoms with Gasteiger partial charge in [-0.15, -0.1) is 0 Å². The summed E-state index contributed by atoms with van der Waals surface area (Å²) < 4.78 is 10.4. The van der Waals surface area contributed by atoms with Gasteiger partial charge < -0.3 is 35.1 Å². The van der Waals surface area contributed by atoms with Gasteiger partial charge in [0.2, 0.25) is 5.91 Å². The second-order valence-electron chi connectivity index (χ2n) is 7.12. The average molecular weight is 404 g/mol. The lowest BCUT2D eigenvalue weighted by atomic mass is 9.95. The smallest absolute Gasteiger partial charge is 0.313 e. The summed E-state index contributed by atoms with van der Waals surface area (Å²) in [5.74, 6) is -0.0893. The molecule has 1 saturated heterocycles. The normalized spacial score (nSPS) is 18.0. The van der Waals surface area contributed by atoms with Crippen LogP contribution in [0.25, 0.3) is 0 Å². The summed E-state index contributed by atoms with van der Waals surface area (Å²) in [6, 6.07) is 4.19. The van der Waals surface area contributed by atoms with E-state index in [0.29, 0.717) is 43.9 Å². The van der Waals surface area contributed by atoms with Crippen LogP contribution in [-0.4, -0.2) is 79.4 Å². The molecule has 0 aromatic heterocycles. The number of methoxy groups -OCH3 is 1. The highest BCUT2D eigenvalue weighted by atomic mass is 16.5. The highest BCUT2D eigenvalue weighted by molar-refractivity contribution is 5.99. The Balaban J connectivity index is 1.80. The van der Waals surface area contributed by atoms with Crippen LogP contribution >= 0.6 is 0 Å². The summed E-state index contributed by atoms with van der Waals surface area (Å²) in [6.07, 6.45) is 0.176. The van der Waals surface area contributed by atoms with E-state index in [-0.39, 0.29) is 31.3 Å². The lowest BCUT2D eigenvalue weighted by Gasteiger charge is -2.35. The van der Waals surface area contributed by atoms with Gasteiger partial charge in [-0.2, -0.15) is 0 Å². The molecule has 10 heteroatoms. The van der Waals surface area contributed by atoms with Crippen LogP contribution in [0.2, 0.25) is 0 Å². The van der Waals surface area contributed by atoms with Crippen molar-refractivity contribution in [3.05, 3.63) is 29.3 Å². The predicted octanol–water partition coefficient (Wildman–Crippen LogP) is -0.494. The molecule has 0 bridgehead atoms. The van der Waals surface area contributed by atoms with E-state index >= 15 is 0 Å². The van der Waals surface area contributed by atoms with Crippen molar-refractivity contribution in [2.24, 2.45) is 5.73 Å². The summed E-state index contributed by atoms with van der Waals surface area (Å²) in [7, 11) is 1.50. The largest absolute Gasteiger partial charge is 0.497 e. The van der Waals surface area contributed by atoms with Gasteiger partial charge in [0.1, 0.15) is 17.6 Å². The first-order chi connectivity index (χ1) is 13.9. The molecule has 1 atom stereocenters. The van der Waals surface area contributed by atoms with Gasteiger partial charge in [0.15, 0.2) is 0 Å². The van der Waals surface area contributed by atoms with Crippen LogP contribution in [0, 0.1) is 0 Å². The van der Waals surface area contributed by atoms with Crippen LogP contribution in [0.5, 0.6) is 5.75 Å². The number of primary amides is 1. The van der Waals surface area contributed by atoms with Crippen LogP contribution < -0.4 is 15.8 Å². The molecule has 10 nitrogen and oxygen atoms in total. The number of urea groups is 1. The molecule has 1 aromatic rings. The Kier molecular flexibility index (Phi) is 6.02. The Bertz CT molecular complexity index is 823. The van der Waals surface area contributed by atoms with Gasteiger partial charge in [-0.25, -0.2) is 4.79 Å². The molecule has 3 N–H and O–H groups in total. The monoisotopic (exact) mass is 404 g/mol. The lowest BCUT2D eigenvalue weighted by Crippen LogP contribution is -2.60. The van der Waals surface area contributed by atoms with Crippen molar-refractivity contribution in [2.75, 3.05) is 40.0 Å². The van der Waals surface area contributed by atoms with E-state index in [0.717, 1.165) is 5.56 Å². The van der Waals surface area contributed by atoms with E-state index in [2.05, 4.69) is 5.32 Å². The second-order valence-corrected chi connectivity index (χ2v) is 7.12. The maximum atomic E-state index is 12.8. The number of nitrogens with zero attached hydrogens (tertiary/aromatic N) is 2. The molecular formula is C19H24N4O6. The van der Waals surface area contributed by atoms with Crippen molar-refractivity contribution < 1.29 is 28.7 Å². The first-order valence-electron chi connectivity index (χ1n) is 9.23. The molecule has 156 valence electrons. The Labute approximate surface area is 167 Å². The molecule has 1 aromatic carbocycles. The van der Waals surface area contributed by atoms with Crippen molar-refractivity contribution in [1.82, 2.24) is 15.1 Å². The molecule has 0 spiro atoms. The van der Waals surface area contributed by atoms with Crippen molar-refractivity contribution >= 4 is 24.1 Å². The molecule has 0 aliphatic carbocycles. The quantitative estimate of drug-likeness (QED) is 0.590. The molecule has 4 amide bonds. The third-order valence-corrected chi connectivity index (χ3v) is 5.10. The number of hydrogen-bond donors (Lipinski definition) is 2. The molecule has 2 aliphatic rings. The first-order valence-corrected chi connectivity index (χ1v) is 9.23. The minimum Gasteiger partial charge on any atom is -0.497 e. The zero-order valence-electron chi connectivity index (χ0n) is 16.2. The van der Waals surface area contributed by atoms with Crippen molar-refractivity contribution in [2.45, 2.75) is 18.5 Å². The maximum Gasteiger partial charge on any atom is 0.313 e. The van der Waals surface area contributed by atoms with Crippen molar-refractivity contribution in [3.8, 4) is 5.75 Å². The van der Waals surface area contributed by atoms with Crippen LogP contribution in [0.1, 0.15) is 22.3 Å². The summed E-state index contributed by atoms with van der Waals surface area (Å²) in [5.41, 5.74) is 4.88. The maximum absolute atomic E-state index is 12.8. The third-order valence-electron chi connectivity index (χ3n) is 5.10. The second kappa shape index (κ2) is 8.48. The molecule has 3 rings (SSSR count). The molecule has 2 aliphatic heterocycles. The van der Waals surface area contributed by atoms with Crippen LogP contribution in [0.15, 0.2) is 18.2 Å². The lowest BCUT2D eigenvalue weighted by molar-refractivity contribution is -0.138. The van der Waals surface area contributed by atoms with E-state index in [1.54, 1.807) is 23.1 Å². The molecular weight excluding hydrogens is 380 g/mol. The van der Waals surface area contributed by atoms with Gasteiger partial charge in [-0.1, -0.05) is 6.07 Å². The number of rotatable bonds is 7. The fourth-order valence-corrected chi connectivity index (χ4v) is 3.62. The average Bonchev–Trinajstić information content (AvgIpc) is 3.02. The number of amides is 4. The minimum absolute atomic E-state index is 0.175. The zero-order valence-corrected chi connectivity index (χ0v) is 16.2. The number of aldehydes is 1. The SMILES string of the molecule is COc1ccc2c(c1)C(=O)N(CC(C=O)(CC(=O)N1CCOCC1)NC(N)=O)C2. The van der Waals surface area contributed by atoms with Crippen LogP contribution in [0.3, 0.4) is 0 Å². The Morgan fingerprint density at radius 3 is 2.69 bits per heavy atom. The summed E-state index contributed by atoms with van der Waals surface area (Å²) in [5, 5.41) is 2.38.